The first-order chi connectivity index (χ1) is 9.38. The first-order valence-electron chi connectivity index (χ1n) is 5.96. The van der Waals surface area contributed by atoms with Gasteiger partial charge < -0.3 is 19.7 Å². The summed E-state index contributed by atoms with van der Waals surface area (Å²) in [5, 5.41) is 11.8. The number of nitrogens with two attached hydrogens (primary N) is 1. The van der Waals surface area contributed by atoms with Crippen LogP contribution in [0.3, 0.4) is 0 Å². The SMILES string of the molecule is Cc1nnc2n1CCN(c1noc(N)c1S(C)(=O)=O)C2. The van der Waals surface area contributed by atoms with Crippen LogP contribution in [0.1, 0.15) is 11.6 Å². The zero-order valence-electron chi connectivity index (χ0n) is 11.1. The molecule has 0 saturated carbocycles. The number of fused-ring (bicyclic) bond motifs is 1. The Hall–Kier alpha value is -2.10. The number of hydrogen-bond acceptors (Lipinski definition) is 8. The van der Waals surface area contributed by atoms with E-state index in [0.29, 0.717) is 19.6 Å². The minimum atomic E-state index is -3.51. The summed E-state index contributed by atoms with van der Waals surface area (Å²) in [7, 11) is -3.51. The molecule has 0 spiro atoms. The number of sulfone groups is 1. The van der Waals surface area contributed by atoms with Crippen molar-refractivity contribution in [1.82, 2.24) is 19.9 Å². The first-order valence-corrected chi connectivity index (χ1v) is 7.86. The van der Waals surface area contributed by atoms with Crippen LogP contribution in [0.25, 0.3) is 0 Å². The predicted octanol–water partition coefficient (Wildman–Crippen LogP) is -0.420. The average Bonchev–Trinajstić information content (AvgIpc) is 2.92. The maximum absolute atomic E-state index is 11.8. The van der Waals surface area contributed by atoms with Gasteiger partial charge >= 0.3 is 0 Å². The summed E-state index contributed by atoms with van der Waals surface area (Å²) in [5.41, 5.74) is 5.56. The van der Waals surface area contributed by atoms with Gasteiger partial charge in [-0.25, -0.2) is 8.42 Å². The zero-order chi connectivity index (χ0) is 14.5. The van der Waals surface area contributed by atoms with Crippen LogP contribution in [0.4, 0.5) is 11.7 Å². The molecule has 2 aromatic heterocycles. The Labute approximate surface area is 115 Å². The Morgan fingerprint density at radius 2 is 2.05 bits per heavy atom. The normalized spacial score (nSPS) is 15.4. The maximum atomic E-state index is 11.8. The molecule has 0 bridgehead atoms. The molecule has 0 unspecified atom stereocenters. The lowest BCUT2D eigenvalue weighted by atomic mass is 10.3. The monoisotopic (exact) mass is 298 g/mol. The molecule has 1 aliphatic heterocycles. The molecule has 0 saturated heterocycles. The lowest BCUT2D eigenvalue weighted by molar-refractivity contribution is 0.430. The Morgan fingerprint density at radius 1 is 1.30 bits per heavy atom. The molecule has 0 amide bonds. The molecule has 3 heterocycles. The molecule has 0 atom stereocenters. The quantitative estimate of drug-likeness (QED) is 0.793. The lowest BCUT2D eigenvalue weighted by Gasteiger charge is -2.27. The van der Waals surface area contributed by atoms with E-state index >= 15 is 0 Å². The number of anilines is 2. The lowest BCUT2D eigenvalue weighted by Crippen LogP contribution is -2.35. The van der Waals surface area contributed by atoms with Crippen molar-refractivity contribution in [3.8, 4) is 0 Å². The van der Waals surface area contributed by atoms with Gasteiger partial charge in [-0.3, -0.25) is 0 Å². The van der Waals surface area contributed by atoms with Crippen LogP contribution < -0.4 is 10.6 Å². The van der Waals surface area contributed by atoms with Gasteiger partial charge in [-0.15, -0.1) is 10.2 Å². The molecule has 10 heteroatoms. The van der Waals surface area contributed by atoms with Crippen LogP contribution in [0.5, 0.6) is 0 Å². The highest BCUT2D eigenvalue weighted by Gasteiger charge is 2.30. The summed E-state index contributed by atoms with van der Waals surface area (Å²) in [5.74, 6) is 1.64. The fourth-order valence-electron chi connectivity index (χ4n) is 2.32. The number of nitrogen functional groups attached to an aromatic ring is 1. The third-order valence-corrected chi connectivity index (χ3v) is 4.39. The van der Waals surface area contributed by atoms with E-state index in [1.54, 1.807) is 4.90 Å². The molecule has 3 rings (SSSR count). The Morgan fingerprint density at radius 3 is 2.75 bits per heavy atom. The van der Waals surface area contributed by atoms with Crippen LogP contribution in [-0.4, -0.2) is 41.1 Å². The van der Waals surface area contributed by atoms with E-state index < -0.39 is 9.84 Å². The fraction of sp³-hybridized carbons (Fsp3) is 0.500. The summed E-state index contributed by atoms with van der Waals surface area (Å²) < 4.78 is 30.4. The third-order valence-electron chi connectivity index (χ3n) is 3.27. The van der Waals surface area contributed by atoms with Crippen molar-refractivity contribution in [2.75, 3.05) is 23.4 Å². The van der Waals surface area contributed by atoms with E-state index in [4.69, 9.17) is 10.3 Å². The van der Waals surface area contributed by atoms with Crippen molar-refractivity contribution in [2.45, 2.75) is 24.9 Å². The van der Waals surface area contributed by atoms with Gasteiger partial charge in [-0.05, 0) is 6.92 Å². The number of aryl methyl sites for hydroxylation is 1. The molecular weight excluding hydrogens is 284 g/mol. The Balaban J connectivity index is 2.01. The highest BCUT2D eigenvalue weighted by molar-refractivity contribution is 7.91. The zero-order valence-corrected chi connectivity index (χ0v) is 11.9. The number of rotatable bonds is 2. The molecule has 0 aromatic carbocycles. The molecule has 1 aliphatic rings. The van der Waals surface area contributed by atoms with Crippen LogP contribution in [0.2, 0.25) is 0 Å². The molecule has 0 fully saturated rings. The van der Waals surface area contributed by atoms with Gasteiger partial charge in [-0.2, -0.15) is 0 Å². The van der Waals surface area contributed by atoms with Crippen LogP contribution in [0.15, 0.2) is 9.42 Å². The topological polar surface area (TPSA) is 120 Å². The minimum absolute atomic E-state index is 0.0674. The second-order valence-corrected chi connectivity index (χ2v) is 6.66. The van der Waals surface area contributed by atoms with E-state index in [-0.39, 0.29) is 16.6 Å². The highest BCUT2D eigenvalue weighted by Crippen LogP contribution is 2.31. The van der Waals surface area contributed by atoms with Gasteiger partial charge in [0, 0.05) is 19.3 Å². The second kappa shape index (κ2) is 4.20. The van der Waals surface area contributed by atoms with Gasteiger partial charge in [0.2, 0.25) is 5.88 Å². The van der Waals surface area contributed by atoms with Crippen molar-refractivity contribution >= 4 is 21.5 Å². The number of hydrogen-bond donors (Lipinski definition) is 1. The number of aromatic nitrogens is 4. The predicted molar refractivity (Wildman–Crippen MR) is 69.8 cm³/mol. The smallest absolute Gasteiger partial charge is 0.243 e. The van der Waals surface area contributed by atoms with E-state index in [0.717, 1.165) is 17.9 Å². The second-order valence-electron chi connectivity index (χ2n) is 4.71. The molecule has 0 aliphatic carbocycles. The van der Waals surface area contributed by atoms with Crippen molar-refractivity contribution in [2.24, 2.45) is 0 Å². The van der Waals surface area contributed by atoms with Gasteiger partial charge in [0.25, 0.3) is 0 Å². The molecule has 9 nitrogen and oxygen atoms in total. The van der Waals surface area contributed by atoms with Crippen LogP contribution in [0, 0.1) is 6.92 Å². The minimum Gasteiger partial charge on any atom is -0.366 e. The maximum Gasteiger partial charge on any atom is 0.243 e. The Kier molecular flexibility index (Phi) is 2.71. The first kappa shape index (κ1) is 12.9. The number of nitrogens with zero attached hydrogens (tertiary/aromatic N) is 5. The van der Waals surface area contributed by atoms with E-state index in [1.807, 2.05) is 11.5 Å². The van der Waals surface area contributed by atoms with Gasteiger partial charge in [0.15, 0.2) is 26.4 Å². The van der Waals surface area contributed by atoms with Crippen LogP contribution in [-0.2, 0) is 22.9 Å². The molecular formula is C10H14N6O3S. The van der Waals surface area contributed by atoms with Gasteiger partial charge in [-0.1, -0.05) is 5.16 Å². The summed E-state index contributed by atoms with van der Waals surface area (Å²) in [6.07, 6.45) is 1.08. The van der Waals surface area contributed by atoms with E-state index in [2.05, 4.69) is 15.4 Å². The highest BCUT2D eigenvalue weighted by atomic mass is 32.2. The molecule has 2 N–H and O–H groups in total. The van der Waals surface area contributed by atoms with E-state index in [9.17, 15) is 8.42 Å². The van der Waals surface area contributed by atoms with Crippen molar-refractivity contribution in [3.05, 3.63) is 11.6 Å². The third kappa shape index (κ3) is 1.92. The molecule has 108 valence electrons. The molecule has 20 heavy (non-hydrogen) atoms. The van der Waals surface area contributed by atoms with Crippen LogP contribution >= 0.6 is 0 Å². The molecule has 2 aromatic rings. The summed E-state index contributed by atoms with van der Waals surface area (Å²) in [6.45, 7) is 3.53. The van der Waals surface area contributed by atoms with Crippen molar-refractivity contribution in [1.29, 1.82) is 0 Å². The summed E-state index contributed by atoms with van der Waals surface area (Å²) in [4.78, 5) is 1.71. The summed E-state index contributed by atoms with van der Waals surface area (Å²) >= 11 is 0. The summed E-state index contributed by atoms with van der Waals surface area (Å²) in [6, 6.07) is 0. The largest absolute Gasteiger partial charge is 0.366 e. The average molecular weight is 298 g/mol. The van der Waals surface area contributed by atoms with E-state index in [1.165, 1.54) is 0 Å². The molecule has 0 radical (unpaired) electrons. The fourth-order valence-corrected chi connectivity index (χ4v) is 3.22. The van der Waals surface area contributed by atoms with Gasteiger partial charge in [0.1, 0.15) is 5.82 Å². The standard InChI is InChI=1S/C10H14N6O3S/c1-6-12-13-7-5-15(3-4-16(6)7)10-8(20(2,17)18)9(11)19-14-10/h3-5,11H2,1-2H3. The Bertz CT molecular complexity index is 762. The van der Waals surface area contributed by atoms with Crippen molar-refractivity contribution < 1.29 is 12.9 Å². The van der Waals surface area contributed by atoms with Crippen molar-refractivity contribution in [3.63, 3.8) is 0 Å². The van der Waals surface area contributed by atoms with Gasteiger partial charge in [0.05, 0.1) is 6.54 Å².